The number of ether oxygens (including phenoxy) is 2. The average Bonchev–Trinajstić information content (AvgIpc) is 3.18. The van der Waals surface area contributed by atoms with Crippen molar-refractivity contribution in [2.45, 2.75) is 37.6 Å². The highest BCUT2D eigenvalue weighted by Gasteiger charge is 2.63. The molecular formula is C21H23F2NO8S2. The van der Waals surface area contributed by atoms with Gasteiger partial charge < -0.3 is 13.7 Å². The molecule has 0 saturated carbocycles. The number of halogens is 2. The Morgan fingerprint density at radius 1 is 0.941 bits per heavy atom. The Kier molecular flexibility index (Phi) is 7.60. The van der Waals surface area contributed by atoms with Gasteiger partial charge in [0.1, 0.15) is 0 Å². The van der Waals surface area contributed by atoms with Crippen molar-refractivity contribution in [2.24, 2.45) is 5.16 Å². The molecule has 1 aliphatic rings. The first-order valence-corrected chi connectivity index (χ1v) is 12.8. The highest BCUT2D eigenvalue weighted by molar-refractivity contribution is 8.05. The van der Waals surface area contributed by atoms with Crippen molar-refractivity contribution >= 4 is 25.9 Å². The van der Waals surface area contributed by atoms with Crippen LogP contribution in [0.5, 0.6) is 5.75 Å². The average molecular weight is 520 g/mol. The van der Waals surface area contributed by atoms with Crippen LogP contribution in [0.3, 0.4) is 0 Å². The Labute approximate surface area is 196 Å². The number of hydrogen-bond donors (Lipinski definition) is 0. The summed E-state index contributed by atoms with van der Waals surface area (Å²) in [7, 11) is -9.56. The van der Waals surface area contributed by atoms with Crippen molar-refractivity contribution in [1.82, 2.24) is 0 Å². The normalized spacial score (nSPS) is 15.4. The number of benzene rings is 2. The lowest BCUT2D eigenvalue weighted by Gasteiger charge is -2.19. The van der Waals surface area contributed by atoms with Gasteiger partial charge in [0.15, 0.2) is 5.75 Å². The largest absolute Gasteiger partial charge is 0.519 e. The maximum absolute atomic E-state index is 14.8. The summed E-state index contributed by atoms with van der Waals surface area (Å²) in [5, 5.41) is 3.32. The van der Waals surface area contributed by atoms with Crippen LogP contribution in [0.25, 0.3) is 0 Å². The number of nitrogens with zero attached hydrogens (tertiary/aromatic N) is 1. The van der Waals surface area contributed by atoms with Crippen molar-refractivity contribution in [3.05, 3.63) is 64.2 Å². The summed E-state index contributed by atoms with van der Waals surface area (Å²) in [6, 6.07) is 9.74. The van der Waals surface area contributed by atoms with Gasteiger partial charge in [-0.25, -0.2) is 0 Å². The van der Waals surface area contributed by atoms with Gasteiger partial charge in [0.05, 0.1) is 18.9 Å². The Morgan fingerprint density at radius 2 is 1.53 bits per heavy atom. The van der Waals surface area contributed by atoms with Gasteiger partial charge >= 0.3 is 24.8 Å². The molecule has 0 saturated heterocycles. The molecule has 0 bridgehead atoms. The van der Waals surface area contributed by atoms with Gasteiger partial charge in [-0.2, -0.15) is 25.6 Å². The third-order valence-corrected chi connectivity index (χ3v) is 8.01. The Morgan fingerprint density at radius 3 is 2.12 bits per heavy atom. The van der Waals surface area contributed by atoms with Crippen molar-refractivity contribution in [1.29, 1.82) is 0 Å². The van der Waals surface area contributed by atoms with Gasteiger partial charge in [0, 0.05) is 30.9 Å². The second kappa shape index (κ2) is 9.94. The summed E-state index contributed by atoms with van der Waals surface area (Å²) in [5.41, 5.74) is 2.34. The van der Waals surface area contributed by atoms with E-state index in [1.54, 1.807) is 31.2 Å². The molecule has 0 spiro atoms. The molecule has 0 fully saturated rings. The van der Waals surface area contributed by atoms with E-state index in [4.69, 9.17) is 9.47 Å². The fraction of sp³-hybridized carbons (Fsp3) is 0.381. The van der Waals surface area contributed by atoms with Crippen molar-refractivity contribution in [3.8, 4) is 5.75 Å². The minimum Gasteiger partial charge on any atom is -0.380 e. The zero-order valence-electron chi connectivity index (χ0n) is 18.6. The summed E-state index contributed by atoms with van der Waals surface area (Å²) >= 11 is 0. The smallest absolute Gasteiger partial charge is 0.380 e. The molecular weight excluding hydrogens is 496 g/mol. The SMILES string of the molecule is COCc1cc(C)cc(COC)c1OS(=O)(=O)C(F)(F)S(=O)(=O)O/N=C1\CCc2ccccc21. The number of alkyl halides is 2. The molecule has 0 aromatic heterocycles. The van der Waals surface area contributed by atoms with E-state index in [0.29, 0.717) is 17.5 Å². The maximum atomic E-state index is 14.8. The Balaban J connectivity index is 1.93. The molecule has 0 heterocycles. The van der Waals surface area contributed by atoms with E-state index < -0.39 is 30.6 Å². The minimum absolute atomic E-state index is 0.107. The monoisotopic (exact) mass is 519 g/mol. The summed E-state index contributed by atoms with van der Waals surface area (Å²) in [4.78, 5) is 0. The molecule has 186 valence electrons. The molecule has 2 aromatic carbocycles. The van der Waals surface area contributed by atoms with E-state index in [-0.39, 0.29) is 36.5 Å². The zero-order valence-corrected chi connectivity index (χ0v) is 20.2. The van der Waals surface area contributed by atoms with Crippen LogP contribution in [0.1, 0.15) is 34.2 Å². The minimum atomic E-state index is -6.10. The lowest BCUT2D eigenvalue weighted by molar-refractivity contribution is 0.142. The van der Waals surface area contributed by atoms with Gasteiger partial charge in [-0.15, -0.1) is 0 Å². The first kappa shape index (κ1) is 26.0. The predicted molar refractivity (Wildman–Crippen MR) is 118 cm³/mol. The molecule has 0 unspecified atom stereocenters. The first-order chi connectivity index (χ1) is 15.9. The second-order valence-electron chi connectivity index (χ2n) is 7.50. The lowest BCUT2D eigenvalue weighted by Crippen LogP contribution is -2.41. The summed E-state index contributed by atoms with van der Waals surface area (Å²) in [6.45, 7) is 1.31. The van der Waals surface area contributed by atoms with Crippen molar-refractivity contribution < 1.29 is 43.6 Å². The number of aryl methyl sites for hydroxylation is 2. The van der Waals surface area contributed by atoms with Crippen LogP contribution in [-0.4, -0.2) is 41.4 Å². The van der Waals surface area contributed by atoms with Crippen molar-refractivity contribution in [2.75, 3.05) is 14.2 Å². The molecule has 34 heavy (non-hydrogen) atoms. The second-order valence-corrected chi connectivity index (χ2v) is 10.9. The lowest BCUT2D eigenvalue weighted by atomic mass is 10.1. The van der Waals surface area contributed by atoms with Gasteiger partial charge in [-0.3, -0.25) is 4.28 Å². The number of rotatable bonds is 10. The van der Waals surface area contributed by atoms with E-state index in [1.165, 1.54) is 26.4 Å². The van der Waals surface area contributed by atoms with Gasteiger partial charge in [0.25, 0.3) is 0 Å². The summed E-state index contributed by atoms with van der Waals surface area (Å²) in [6.07, 6.45) is 0.752. The number of fused-ring (bicyclic) bond motifs is 1. The van der Waals surface area contributed by atoms with Crippen LogP contribution >= 0.6 is 0 Å². The quantitative estimate of drug-likeness (QED) is 0.347. The van der Waals surface area contributed by atoms with Crippen LogP contribution < -0.4 is 4.18 Å². The molecule has 3 rings (SSSR count). The van der Waals surface area contributed by atoms with E-state index >= 15 is 0 Å². The maximum Gasteiger partial charge on any atom is 0.519 e. The van der Waals surface area contributed by atoms with Crippen LogP contribution in [0.2, 0.25) is 0 Å². The number of oxime groups is 1. The predicted octanol–water partition coefficient (Wildman–Crippen LogP) is 3.24. The van der Waals surface area contributed by atoms with E-state index in [9.17, 15) is 25.6 Å². The van der Waals surface area contributed by atoms with E-state index in [0.717, 1.165) is 5.56 Å². The van der Waals surface area contributed by atoms with Gasteiger partial charge in [-0.1, -0.05) is 35.0 Å². The summed E-state index contributed by atoms with van der Waals surface area (Å²) in [5.74, 6) is -0.514. The van der Waals surface area contributed by atoms with Crippen LogP contribution in [-0.2, 0) is 53.6 Å². The van der Waals surface area contributed by atoms with Gasteiger partial charge in [0.2, 0.25) is 0 Å². The topological polar surface area (TPSA) is 118 Å². The third kappa shape index (κ3) is 5.06. The molecule has 2 aromatic rings. The molecule has 0 N–H and O–H groups in total. The molecule has 0 atom stereocenters. The fourth-order valence-electron chi connectivity index (χ4n) is 3.48. The molecule has 13 heteroatoms. The molecule has 1 aliphatic carbocycles. The van der Waals surface area contributed by atoms with E-state index in [2.05, 4.69) is 13.6 Å². The highest BCUT2D eigenvalue weighted by atomic mass is 32.3. The first-order valence-electron chi connectivity index (χ1n) is 9.94. The highest BCUT2D eigenvalue weighted by Crippen LogP contribution is 2.36. The van der Waals surface area contributed by atoms with E-state index in [1.807, 2.05) is 0 Å². The summed E-state index contributed by atoms with van der Waals surface area (Å²) < 4.78 is 92.4. The number of hydrogen-bond acceptors (Lipinski definition) is 9. The third-order valence-electron chi connectivity index (χ3n) is 4.97. The molecule has 0 amide bonds. The van der Waals surface area contributed by atoms with Crippen LogP contribution in [0.15, 0.2) is 41.6 Å². The van der Waals surface area contributed by atoms with Crippen LogP contribution in [0.4, 0.5) is 8.78 Å². The Bertz CT molecular complexity index is 1280. The van der Waals surface area contributed by atoms with Gasteiger partial charge in [-0.05, 0) is 37.5 Å². The molecule has 9 nitrogen and oxygen atoms in total. The molecule has 0 aliphatic heterocycles. The Hall–Kier alpha value is -2.61. The molecule has 0 radical (unpaired) electrons. The number of methoxy groups -OCH3 is 2. The van der Waals surface area contributed by atoms with Crippen LogP contribution in [0, 0.1) is 6.92 Å². The standard InChI is InChI=1S/C21H23F2NO8S2/c1-14-10-16(12-29-2)20(17(11-14)13-30-3)31-33(25,26)21(22,23)34(27,28)32-24-19-9-8-15-6-4-5-7-18(15)19/h4-7,10-11H,8-9,12-13H2,1-3H3/b24-19+. The zero-order chi connectivity index (χ0) is 25.1. The van der Waals surface area contributed by atoms with Crippen molar-refractivity contribution in [3.63, 3.8) is 0 Å². The fourth-order valence-corrected chi connectivity index (χ4v) is 5.48.